The molecule has 0 unspecified atom stereocenters. The van der Waals surface area contributed by atoms with Crippen LogP contribution in [0.1, 0.15) is 45.9 Å². The van der Waals surface area contributed by atoms with Crippen LogP contribution in [0, 0.1) is 11.8 Å². The number of carbonyl (C=O) groups is 2. The Bertz CT molecular complexity index is 809. The average molecular weight is 370 g/mol. The first-order chi connectivity index (χ1) is 12.9. The Kier molecular flexibility index (Phi) is 5.94. The van der Waals surface area contributed by atoms with Gasteiger partial charge in [0.25, 0.3) is 5.91 Å². The number of hydrogen-bond donors (Lipinski definition) is 1. The highest BCUT2D eigenvalue weighted by Crippen LogP contribution is 2.29. The number of aromatic nitrogens is 1. The van der Waals surface area contributed by atoms with Crippen LogP contribution in [0.25, 0.3) is 17.2 Å². The Morgan fingerprint density at radius 2 is 2.07 bits per heavy atom. The van der Waals surface area contributed by atoms with Gasteiger partial charge >= 0.3 is 5.97 Å². The fourth-order valence-corrected chi connectivity index (χ4v) is 3.45. The zero-order valence-electron chi connectivity index (χ0n) is 16.0. The van der Waals surface area contributed by atoms with Crippen LogP contribution in [0.2, 0.25) is 0 Å². The van der Waals surface area contributed by atoms with Crippen molar-refractivity contribution in [3.63, 3.8) is 0 Å². The molecule has 1 aromatic heterocycles. The summed E-state index contributed by atoms with van der Waals surface area (Å²) in [5.74, 6) is 0.454. The Hall–Kier alpha value is -2.63. The number of ether oxygens (including phenoxy) is 1. The molecule has 0 spiro atoms. The summed E-state index contributed by atoms with van der Waals surface area (Å²) in [6.07, 6.45) is 5.08. The zero-order valence-corrected chi connectivity index (χ0v) is 16.0. The predicted molar refractivity (Wildman–Crippen MR) is 103 cm³/mol. The molecule has 1 aromatic carbocycles. The highest BCUT2D eigenvalue weighted by molar-refractivity contribution is 5.90. The molecule has 144 valence electrons. The number of benzene rings is 1. The molecule has 1 N–H and O–H groups in total. The van der Waals surface area contributed by atoms with E-state index in [1.165, 1.54) is 18.6 Å². The second-order valence-electron chi connectivity index (χ2n) is 7.31. The van der Waals surface area contributed by atoms with Gasteiger partial charge in [0.15, 0.2) is 11.7 Å². The highest BCUT2D eigenvalue weighted by atomic mass is 16.5. The lowest BCUT2D eigenvalue weighted by Gasteiger charge is -2.35. The summed E-state index contributed by atoms with van der Waals surface area (Å²) in [5.41, 5.74) is 1.36. The van der Waals surface area contributed by atoms with Gasteiger partial charge in [0.05, 0.1) is 0 Å². The van der Waals surface area contributed by atoms with Crippen LogP contribution in [-0.2, 0) is 14.3 Å². The predicted octanol–water partition coefficient (Wildman–Crippen LogP) is 3.71. The summed E-state index contributed by atoms with van der Waals surface area (Å²) in [6, 6.07) is 7.48. The van der Waals surface area contributed by atoms with E-state index in [0.717, 1.165) is 12.8 Å². The van der Waals surface area contributed by atoms with Gasteiger partial charge < -0.3 is 14.5 Å². The average Bonchev–Trinajstić information content (AvgIpc) is 3.06. The van der Waals surface area contributed by atoms with Crippen molar-refractivity contribution in [2.75, 3.05) is 0 Å². The smallest absolute Gasteiger partial charge is 0.331 e. The number of nitrogens with one attached hydrogen (secondary N) is 1. The number of para-hydroxylation sites is 2. The van der Waals surface area contributed by atoms with Crippen molar-refractivity contribution >= 4 is 29.1 Å². The van der Waals surface area contributed by atoms with Crippen LogP contribution in [-0.4, -0.2) is 29.0 Å². The minimum Gasteiger partial charge on any atom is -0.449 e. The maximum Gasteiger partial charge on any atom is 0.331 e. The van der Waals surface area contributed by atoms with Crippen molar-refractivity contribution < 1.29 is 18.7 Å². The van der Waals surface area contributed by atoms with Crippen molar-refractivity contribution in [3.8, 4) is 0 Å². The third-order valence-electron chi connectivity index (χ3n) is 5.37. The van der Waals surface area contributed by atoms with Gasteiger partial charge in [0.2, 0.25) is 5.89 Å². The minimum absolute atomic E-state index is 0.137. The summed E-state index contributed by atoms with van der Waals surface area (Å²) < 4.78 is 10.7. The number of rotatable bonds is 5. The molecule has 0 bridgehead atoms. The molecular formula is C21H26N2O4. The van der Waals surface area contributed by atoms with E-state index in [0.29, 0.717) is 28.8 Å². The van der Waals surface area contributed by atoms with E-state index in [1.807, 2.05) is 18.2 Å². The molecule has 6 heteroatoms. The van der Waals surface area contributed by atoms with E-state index in [1.54, 1.807) is 13.0 Å². The number of amides is 1. The molecular weight excluding hydrogens is 344 g/mol. The molecule has 1 aliphatic carbocycles. The molecule has 0 radical (unpaired) electrons. The second kappa shape index (κ2) is 8.37. The van der Waals surface area contributed by atoms with E-state index in [-0.39, 0.29) is 11.9 Å². The summed E-state index contributed by atoms with van der Waals surface area (Å²) in [5, 5.41) is 3.02. The van der Waals surface area contributed by atoms with Gasteiger partial charge in [0.1, 0.15) is 5.52 Å². The van der Waals surface area contributed by atoms with E-state index in [4.69, 9.17) is 9.15 Å². The van der Waals surface area contributed by atoms with E-state index >= 15 is 0 Å². The van der Waals surface area contributed by atoms with Crippen molar-refractivity contribution in [3.05, 3.63) is 36.2 Å². The molecule has 0 saturated heterocycles. The maximum atomic E-state index is 12.3. The first-order valence-electron chi connectivity index (χ1n) is 9.48. The van der Waals surface area contributed by atoms with Crippen molar-refractivity contribution in [2.24, 2.45) is 11.8 Å². The van der Waals surface area contributed by atoms with E-state index in [9.17, 15) is 9.59 Å². The lowest BCUT2D eigenvalue weighted by molar-refractivity contribution is -0.150. The van der Waals surface area contributed by atoms with Crippen molar-refractivity contribution in [1.29, 1.82) is 0 Å². The molecule has 1 heterocycles. The number of nitrogens with zero attached hydrogens (tertiary/aromatic N) is 1. The molecule has 3 rings (SSSR count). The normalized spacial score (nSPS) is 24.0. The molecule has 1 fully saturated rings. The number of hydrogen-bond acceptors (Lipinski definition) is 5. The maximum absolute atomic E-state index is 12.3. The molecule has 1 aliphatic rings. The fraction of sp³-hybridized carbons (Fsp3) is 0.476. The van der Waals surface area contributed by atoms with Gasteiger partial charge in [-0.15, -0.1) is 0 Å². The van der Waals surface area contributed by atoms with E-state index in [2.05, 4.69) is 24.1 Å². The van der Waals surface area contributed by atoms with Crippen LogP contribution in [0.5, 0.6) is 0 Å². The Morgan fingerprint density at radius 1 is 1.30 bits per heavy atom. The molecule has 1 saturated carbocycles. The lowest BCUT2D eigenvalue weighted by Crippen LogP contribution is -2.47. The van der Waals surface area contributed by atoms with Gasteiger partial charge in [-0.1, -0.05) is 38.8 Å². The van der Waals surface area contributed by atoms with Gasteiger partial charge in [-0.2, -0.15) is 0 Å². The number of carbonyl (C=O) groups excluding carboxylic acids is 2. The van der Waals surface area contributed by atoms with Crippen LogP contribution < -0.4 is 5.32 Å². The van der Waals surface area contributed by atoms with Gasteiger partial charge in [-0.25, -0.2) is 9.78 Å². The highest BCUT2D eigenvalue weighted by Gasteiger charge is 2.29. The number of oxazole rings is 1. The second-order valence-corrected chi connectivity index (χ2v) is 7.31. The summed E-state index contributed by atoms with van der Waals surface area (Å²) in [6.45, 7) is 5.95. The Labute approximate surface area is 159 Å². The lowest BCUT2D eigenvalue weighted by atomic mass is 9.78. The largest absolute Gasteiger partial charge is 0.449 e. The fourth-order valence-electron chi connectivity index (χ4n) is 3.45. The third-order valence-corrected chi connectivity index (χ3v) is 5.37. The Morgan fingerprint density at radius 3 is 2.85 bits per heavy atom. The standard InChI is InChI=1S/C21H26N2O4/c1-13-7-6-9-16(14(13)2)23-21(25)15(3)26-20(24)12-11-19-22-17-8-4-5-10-18(17)27-19/h4-5,8,10-16H,6-7,9H2,1-3H3,(H,23,25)/b12-11+/t13-,14-,15-,16-/m1/s1. The SMILES string of the molecule is C[C@@H]1[C@H](C)CCC[C@H]1NC(=O)[C@@H](C)OC(=O)/C=C/c1nc2ccccc2o1. The van der Waals surface area contributed by atoms with Crippen LogP contribution in [0.4, 0.5) is 0 Å². The molecule has 2 aromatic rings. The molecule has 1 amide bonds. The molecule has 6 nitrogen and oxygen atoms in total. The van der Waals surface area contributed by atoms with Crippen molar-refractivity contribution in [1.82, 2.24) is 10.3 Å². The minimum atomic E-state index is -0.852. The molecule has 0 aliphatic heterocycles. The zero-order chi connectivity index (χ0) is 19.4. The monoisotopic (exact) mass is 370 g/mol. The van der Waals surface area contributed by atoms with E-state index < -0.39 is 12.1 Å². The van der Waals surface area contributed by atoms with Crippen molar-refractivity contribution in [2.45, 2.75) is 52.2 Å². The number of esters is 1. The molecule has 27 heavy (non-hydrogen) atoms. The number of fused-ring (bicyclic) bond motifs is 1. The first-order valence-corrected chi connectivity index (χ1v) is 9.48. The van der Waals surface area contributed by atoms with Crippen LogP contribution in [0.3, 0.4) is 0 Å². The molecule has 4 atom stereocenters. The van der Waals surface area contributed by atoms with Crippen LogP contribution in [0.15, 0.2) is 34.8 Å². The summed E-state index contributed by atoms with van der Waals surface area (Å²) in [7, 11) is 0. The topological polar surface area (TPSA) is 81.4 Å². The Balaban J connectivity index is 1.52. The van der Waals surface area contributed by atoms with Crippen LogP contribution >= 0.6 is 0 Å². The van der Waals surface area contributed by atoms with Gasteiger partial charge in [-0.3, -0.25) is 4.79 Å². The van der Waals surface area contributed by atoms with Gasteiger partial charge in [0, 0.05) is 18.2 Å². The first kappa shape index (κ1) is 19.1. The third kappa shape index (κ3) is 4.76. The summed E-state index contributed by atoms with van der Waals surface area (Å²) >= 11 is 0. The quantitative estimate of drug-likeness (QED) is 0.641. The summed E-state index contributed by atoms with van der Waals surface area (Å²) in [4.78, 5) is 28.6. The van der Waals surface area contributed by atoms with Gasteiger partial charge in [-0.05, 0) is 37.3 Å².